The first-order valence-corrected chi connectivity index (χ1v) is 9.04. The van der Waals surface area contributed by atoms with Crippen LogP contribution in [0.3, 0.4) is 0 Å². The fourth-order valence-corrected chi connectivity index (χ4v) is 5.16. The molecule has 112 valence electrons. The van der Waals surface area contributed by atoms with E-state index in [4.69, 9.17) is 34.8 Å². The molecule has 7 heteroatoms. The molecule has 1 aliphatic carbocycles. The monoisotopic (exact) mass is 355 g/mol. The van der Waals surface area contributed by atoms with E-state index in [0.717, 1.165) is 25.7 Å². The Bertz CT molecular complexity index is 571. The molecule has 20 heavy (non-hydrogen) atoms. The summed E-state index contributed by atoms with van der Waals surface area (Å²) in [5.74, 6) is 0. The number of halogens is 3. The lowest BCUT2D eigenvalue weighted by molar-refractivity contribution is 0.291. The average molecular weight is 357 g/mol. The quantitative estimate of drug-likeness (QED) is 0.762. The Hall–Kier alpha value is -0.000000000000000111. The van der Waals surface area contributed by atoms with Gasteiger partial charge in [-0.2, -0.15) is 4.31 Å². The number of benzene rings is 1. The van der Waals surface area contributed by atoms with Crippen LogP contribution in [-0.4, -0.2) is 31.2 Å². The summed E-state index contributed by atoms with van der Waals surface area (Å²) in [6, 6.07) is 4.14. The molecule has 1 fully saturated rings. The van der Waals surface area contributed by atoms with Crippen molar-refractivity contribution in [2.45, 2.75) is 42.0 Å². The molecule has 0 saturated heterocycles. The first kappa shape index (κ1) is 16.4. The molecule has 0 radical (unpaired) electrons. The third-order valence-electron chi connectivity index (χ3n) is 3.63. The first-order chi connectivity index (χ1) is 9.32. The molecule has 0 aliphatic heterocycles. The van der Waals surface area contributed by atoms with E-state index in [2.05, 4.69) is 0 Å². The van der Waals surface area contributed by atoms with E-state index in [1.807, 2.05) is 0 Å². The molecule has 1 aromatic rings. The van der Waals surface area contributed by atoms with Crippen molar-refractivity contribution >= 4 is 44.8 Å². The average Bonchev–Trinajstić information content (AvgIpc) is 2.37. The Morgan fingerprint density at radius 2 is 1.65 bits per heavy atom. The molecule has 3 nitrogen and oxygen atoms in total. The van der Waals surface area contributed by atoms with Gasteiger partial charge in [0.25, 0.3) is 0 Å². The molecular weight excluding hydrogens is 341 g/mol. The van der Waals surface area contributed by atoms with Crippen molar-refractivity contribution in [2.24, 2.45) is 0 Å². The maximum Gasteiger partial charge on any atom is 0.243 e. The maximum absolute atomic E-state index is 12.6. The predicted octanol–water partition coefficient (Wildman–Crippen LogP) is 4.16. The van der Waals surface area contributed by atoms with Crippen molar-refractivity contribution in [3.05, 3.63) is 28.2 Å². The van der Waals surface area contributed by atoms with Crippen molar-refractivity contribution < 1.29 is 8.42 Å². The maximum atomic E-state index is 12.6. The van der Waals surface area contributed by atoms with Gasteiger partial charge in [0.15, 0.2) is 0 Å². The van der Waals surface area contributed by atoms with Crippen molar-refractivity contribution in [3.8, 4) is 0 Å². The zero-order valence-corrected chi connectivity index (χ0v) is 14.1. The van der Waals surface area contributed by atoms with Crippen LogP contribution < -0.4 is 0 Å². The molecule has 1 saturated carbocycles. The van der Waals surface area contributed by atoms with Gasteiger partial charge in [0.05, 0.1) is 10.3 Å². The third-order valence-corrected chi connectivity index (χ3v) is 6.43. The molecule has 2 atom stereocenters. The summed E-state index contributed by atoms with van der Waals surface area (Å²) in [5, 5.41) is 0.448. The Morgan fingerprint density at radius 3 is 2.20 bits per heavy atom. The highest BCUT2D eigenvalue weighted by molar-refractivity contribution is 7.89. The molecule has 0 amide bonds. The fraction of sp³-hybridized carbons (Fsp3) is 0.538. The summed E-state index contributed by atoms with van der Waals surface area (Å²) in [7, 11) is -2.07. The highest BCUT2D eigenvalue weighted by atomic mass is 35.5. The van der Waals surface area contributed by atoms with Crippen molar-refractivity contribution in [1.29, 1.82) is 0 Å². The second-order valence-electron chi connectivity index (χ2n) is 4.99. The van der Waals surface area contributed by atoms with E-state index in [9.17, 15) is 8.42 Å². The van der Waals surface area contributed by atoms with Gasteiger partial charge in [0.2, 0.25) is 10.0 Å². The molecule has 1 aliphatic rings. The van der Waals surface area contributed by atoms with Crippen LogP contribution in [0.1, 0.15) is 25.7 Å². The van der Waals surface area contributed by atoms with Crippen molar-refractivity contribution in [2.75, 3.05) is 7.05 Å². The summed E-state index contributed by atoms with van der Waals surface area (Å²) in [6.45, 7) is 0. The van der Waals surface area contributed by atoms with Crippen LogP contribution in [-0.2, 0) is 10.0 Å². The predicted molar refractivity (Wildman–Crippen MR) is 83.3 cm³/mol. The highest BCUT2D eigenvalue weighted by Gasteiger charge is 2.34. The van der Waals surface area contributed by atoms with E-state index >= 15 is 0 Å². The topological polar surface area (TPSA) is 37.4 Å². The molecule has 0 heterocycles. The van der Waals surface area contributed by atoms with Crippen LogP contribution in [0.25, 0.3) is 0 Å². The van der Waals surface area contributed by atoms with Crippen molar-refractivity contribution in [3.63, 3.8) is 0 Å². The molecule has 0 aromatic heterocycles. The smallest absolute Gasteiger partial charge is 0.207 e. The Balaban J connectivity index is 2.33. The minimum atomic E-state index is -3.64. The molecule has 1 aromatic carbocycles. The number of nitrogens with zero attached hydrogens (tertiary/aromatic N) is 1. The lowest BCUT2D eigenvalue weighted by Crippen LogP contribution is -2.44. The molecule has 0 N–H and O–H groups in total. The summed E-state index contributed by atoms with van der Waals surface area (Å²) in [5.41, 5.74) is 0. The second kappa shape index (κ2) is 6.41. The SMILES string of the molecule is CN(C1CCCCC1Cl)S(=O)(=O)c1cc(Cl)cc(Cl)c1. The van der Waals surface area contributed by atoms with Gasteiger partial charge in [-0.25, -0.2) is 8.42 Å². The minimum absolute atomic E-state index is 0.104. The lowest BCUT2D eigenvalue weighted by Gasteiger charge is -2.34. The summed E-state index contributed by atoms with van der Waals surface area (Å²) >= 11 is 18.0. The standard InChI is InChI=1S/C13H16Cl3NO2S/c1-17(13-5-3-2-4-12(13)16)20(18,19)11-7-9(14)6-10(15)8-11/h6-8,12-13H,2-5H2,1H3. The van der Waals surface area contributed by atoms with Crippen LogP contribution in [0.15, 0.2) is 23.1 Å². The second-order valence-corrected chi connectivity index (χ2v) is 8.43. The molecular formula is C13H16Cl3NO2S. The largest absolute Gasteiger partial charge is 0.243 e. The van der Waals surface area contributed by atoms with Crippen LogP contribution in [0.4, 0.5) is 0 Å². The number of hydrogen-bond acceptors (Lipinski definition) is 2. The van der Waals surface area contributed by atoms with Gasteiger partial charge in [-0.1, -0.05) is 36.0 Å². The zero-order chi connectivity index (χ0) is 14.9. The normalized spacial score (nSPS) is 24.1. The van der Waals surface area contributed by atoms with E-state index in [1.54, 1.807) is 7.05 Å². The van der Waals surface area contributed by atoms with E-state index < -0.39 is 10.0 Å². The van der Waals surface area contributed by atoms with Crippen molar-refractivity contribution in [1.82, 2.24) is 4.31 Å². The molecule has 2 rings (SSSR count). The Kier molecular flexibility index (Phi) is 5.24. The molecule has 0 spiro atoms. The van der Waals surface area contributed by atoms with Gasteiger partial charge in [-0.3, -0.25) is 0 Å². The number of rotatable bonds is 3. The number of sulfonamides is 1. The Labute approximate surface area is 134 Å². The van der Waals surface area contributed by atoms with Gasteiger partial charge in [0.1, 0.15) is 0 Å². The fourth-order valence-electron chi connectivity index (χ4n) is 2.50. The summed E-state index contributed by atoms with van der Waals surface area (Å²) in [4.78, 5) is 0.104. The summed E-state index contributed by atoms with van der Waals surface area (Å²) in [6.07, 6.45) is 3.65. The van der Waals surface area contributed by atoms with Gasteiger partial charge in [0, 0.05) is 23.1 Å². The van der Waals surface area contributed by atoms with Gasteiger partial charge in [-0.15, -0.1) is 11.6 Å². The lowest BCUT2D eigenvalue weighted by atomic mass is 9.95. The van der Waals surface area contributed by atoms with Gasteiger partial charge in [-0.05, 0) is 31.0 Å². The van der Waals surface area contributed by atoms with E-state index in [0.29, 0.717) is 10.0 Å². The van der Waals surface area contributed by atoms with Gasteiger partial charge >= 0.3 is 0 Å². The van der Waals surface area contributed by atoms with Gasteiger partial charge < -0.3 is 0 Å². The third kappa shape index (κ3) is 3.42. The molecule has 0 bridgehead atoms. The van der Waals surface area contributed by atoms with E-state index in [-0.39, 0.29) is 16.3 Å². The zero-order valence-electron chi connectivity index (χ0n) is 11.0. The Morgan fingerprint density at radius 1 is 1.10 bits per heavy atom. The first-order valence-electron chi connectivity index (χ1n) is 6.40. The van der Waals surface area contributed by atoms with Crippen LogP contribution in [0.2, 0.25) is 10.0 Å². The number of alkyl halides is 1. The van der Waals surface area contributed by atoms with Crippen LogP contribution in [0.5, 0.6) is 0 Å². The minimum Gasteiger partial charge on any atom is -0.207 e. The molecule has 2 unspecified atom stereocenters. The van der Waals surface area contributed by atoms with E-state index in [1.165, 1.54) is 22.5 Å². The summed E-state index contributed by atoms with van der Waals surface area (Å²) < 4.78 is 26.6. The number of hydrogen-bond donors (Lipinski definition) is 0. The van der Waals surface area contributed by atoms with Crippen LogP contribution in [0, 0.1) is 0 Å². The van der Waals surface area contributed by atoms with Crippen LogP contribution >= 0.6 is 34.8 Å². The highest BCUT2D eigenvalue weighted by Crippen LogP contribution is 2.31.